The van der Waals surface area contributed by atoms with Crippen LogP contribution in [0.3, 0.4) is 0 Å². The molecule has 4 rings (SSSR count). The van der Waals surface area contributed by atoms with Gasteiger partial charge in [0.1, 0.15) is 0 Å². The second kappa shape index (κ2) is 7.51. The molecule has 3 heterocycles. The summed E-state index contributed by atoms with van der Waals surface area (Å²) in [6.45, 7) is 3.35. The van der Waals surface area contributed by atoms with Crippen LogP contribution in [0.5, 0.6) is 0 Å². The van der Waals surface area contributed by atoms with Gasteiger partial charge >= 0.3 is 0 Å². The lowest BCUT2D eigenvalue weighted by atomic mass is 10.0. The van der Waals surface area contributed by atoms with Crippen molar-refractivity contribution in [2.24, 2.45) is 0 Å². The minimum Gasteiger partial charge on any atom is -0.378 e. The van der Waals surface area contributed by atoms with Crippen molar-refractivity contribution in [3.63, 3.8) is 0 Å². The monoisotopic (exact) mass is 365 g/mol. The van der Waals surface area contributed by atoms with Crippen LogP contribution in [-0.4, -0.2) is 37.2 Å². The van der Waals surface area contributed by atoms with Crippen LogP contribution in [0.15, 0.2) is 23.6 Å². The largest absolute Gasteiger partial charge is 0.378 e. The fraction of sp³-hybridized carbons (Fsp3) is 0.412. The van der Waals surface area contributed by atoms with Gasteiger partial charge in [0, 0.05) is 36.1 Å². The van der Waals surface area contributed by atoms with Crippen LogP contribution in [0.4, 0.5) is 10.8 Å². The van der Waals surface area contributed by atoms with Gasteiger partial charge in [-0.2, -0.15) is 0 Å². The summed E-state index contributed by atoms with van der Waals surface area (Å²) in [7, 11) is 0. The second-order valence-corrected chi connectivity index (χ2v) is 6.72. The number of nitrogens with one attached hydrogen (secondary N) is 1. The lowest BCUT2D eigenvalue weighted by molar-refractivity contribution is -0.116. The summed E-state index contributed by atoms with van der Waals surface area (Å²) in [5, 5.41) is 6.15. The molecule has 1 aromatic carbocycles. The maximum absolute atomic E-state index is 11.6. The zero-order valence-electron chi connectivity index (χ0n) is 13.3. The Morgan fingerprint density at radius 1 is 1.21 bits per heavy atom. The van der Waals surface area contributed by atoms with Crippen LogP contribution in [0, 0.1) is 0 Å². The summed E-state index contributed by atoms with van der Waals surface area (Å²) < 4.78 is 5.40. The lowest BCUT2D eigenvalue weighted by Gasteiger charge is -2.26. The lowest BCUT2D eigenvalue weighted by Crippen LogP contribution is -2.36. The van der Waals surface area contributed by atoms with E-state index in [4.69, 9.17) is 9.72 Å². The number of thiazole rings is 1. The molecule has 7 heteroatoms. The number of aryl methyl sites for hydroxylation is 1. The molecule has 1 saturated heterocycles. The topological polar surface area (TPSA) is 54.5 Å². The van der Waals surface area contributed by atoms with E-state index in [0.717, 1.165) is 61.2 Å². The van der Waals surface area contributed by atoms with Gasteiger partial charge in [-0.1, -0.05) is 6.07 Å². The molecule has 1 amide bonds. The zero-order chi connectivity index (χ0) is 15.6. The van der Waals surface area contributed by atoms with E-state index in [-0.39, 0.29) is 18.3 Å². The van der Waals surface area contributed by atoms with Crippen LogP contribution >= 0.6 is 23.7 Å². The minimum absolute atomic E-state index is 0. The molecule has 0 unspecified atom stereocenters. The standard InChI is InChI=1S/C17H19N3O2S.ClH/c21-16-3-1-2-12-10-13(4-5-14(12)18-16)15-11-23-17(19-15)20-6-8-22-9-7-20;/h4-5,10-11H,1-3,6-9H2,(H,18,21);1H. The second-order valence-electron chi connectivity index (χ2n) is 5.89. The number of benzene rings is 1. The molecular weight excluding hydrogens is 346 g/mol. The van der Waals surface area contributed by atoms with Crippen molar-refractivity contribution in [3.8, 4) is 11.3 Å². The number of morpholine rings is 1. The third kappa shape index (κ3) is 3.55. The molecule has 0 radical (unpaired) electrons. The Labute approximate surface area is 151 Å². The molecule has 2 aromatic rings. The van der Waals surface area contributed by atoms with Crippen LogP contribution in [0.2, 0.25) is 0 Å². The third-order valence-corrected chi connectivity index (χ3v) is 5.20. The number of fused-ring (bicyclic) bond motifs is 1. The summed E-state index contributed by atoms with van der Waals surface area (Å²) in [6, 6.07) is 6.21. The molecule has 2 aliphatic heterocycles. The SMILES string of the molecule is Cl.O=C1CCCc2cc(-c3csc(N4CCOCC4)n3)ccc2N1. The molecule has 5 nitrogen and oxygen atoms in total. The predicted octanol–water partition coefficient (Wildman–Crippen LogP) is 3.34. The molecule has 24 heavy (non-hydrogen) atoms. The first-order chi connectivity index (χ1) is 11.3. The Balaban J connectivity index is 0.00000169. The van der Waals surface area contributed by atoms with Gasteiger partial charge in [0.2, 0.25) is 5.91 Å². The number of rotatable bonds is 2. The molecule has 0 aliphatic carbocycles. The average molecular weight is 366 g/mol. The van der Waals surface area contributed by atoms with E-state index in [1.807, 2.05) is 12.1 Å². The van der Waals surface area contributed by atoms with Crippen LogP contribution in [0.25, 0.3) is 11.3 Å². The van der Waals surface area contributed by atoms with Crippen molar-refractivity contribution in [3.05, 3.63) is 29.1 Å². The third-order valence-electron chi connectivity index (χ3n) is 4.30. The van der Waals surface area contributed by atoms with Gasteiger partial charge in [0.05, 0.1) is 18.9 Å². The highest BCUT2D eigenvalue weighted by molar-refractivity contribution is 7.14. The van der Waals surface area contributed by atoms with Crippen molar-refractivity contribution in [1.29, 1.82) is 0 Å². The van der Waals surface area contributed by atoms with Gasteiger partial charge in [-0.3, -0.25) is 4.79 Å². The number of aromatic nitrogens is 1. The normalized spacial score (nSPS) is 17.5. The predicted molar refractivity (Wildman–Crippen MR) is 99.4 cm³/mol. The number of ether oxygens (including phenoxy) is 1. The number of hydrogen-bond acceptors (Lipinski definition) is 5. The average Bonchev–Trinajstić information content (AvgIpc) is 2.99. The first-order valence-electron chi connectivity index (χ1n) is 8.01. The van der Waals surface area contributed by atoms with Crippen LogP contribution in [0.1, 0.15) is 18.4 Å². The molecule has 0 atom stereocenters. The van der Waals surface area contributed by atoms with Crippen molar-refractivity contribution in [2.75, 3.05) is 36.5 Å². The number of hydrogen-bond donors (Lipinski definition) is 1. The highest BCUT2D eigenvalue weighted by atomic mass is 35.5. The Kier molecular flexibility index (Phi) is 5.38. The van der Waals surface area contributed by atoms with Gasteiger partial charge in [0.25, 0.3) is 0 Å². The van der Waals surface area contributed by atoms with Crippen LogP contribution in [-0.2, 0) is 16.0 Å². The van der Waals surface area contributed by atoms with Gasteiger partial charge in [-0.15, -0.1) is 23.7 Å². The van der Waals surface area contributed by atoms with Crippen LogP contribution < -0.4 is 10.2 Å². The van der Waals surface area contributed by atoms with Crippen molar-refractivity contribution >= 4 is 40.5 Å². The molecule has 2 aliphatic rings. The smallest absolute Gasteiger partial charge is 0.224 e. The quantitative estimate of drug-likeness (QED) is 0.886. The summed E-state index contributed by atoms with van der Waals surface area (Å²) in [6.07, 6.45) is 2.43. The molecule has 1 fully saturated rings. The molecule has 128 valence electrons. The van der Waals surface area contributed by atoms with E-state index in [2.05, 4.69) is 21.7 Å². The van der Waals surface area contributed by atoms with E-state index < -0.39 is 0 Å². The minimum atomic E-state index is 0. The van der Waals surface area contributed by atoms with E-state index in [9.17, 15) is 4.79 Å². The van der Waals surface area contributed by atoms with Crippen molar-refractivity contribution < 1.29 is 9.53 Å². The first-order valence-corrected chi connectivity index (χ1v) is 8.89. The first kappa shape index (κ1) is 17.2. The van der Waals surface area contributed by atoms with Crippen molar-refractivity contribution in [1.82, 2.24) is 4.98 Å². The maximum atomic E-state index is 11.6. The number of carbonyl (C=O) groups is 1. The number of halogens is 1. The number of anilines is 2. The fourth-order valence-corrected chi connectivity index (χ4v) is 3.92. The summed E-state index contributed by atoms with van der Waals surface area (Å²) in [5.41, 5.74) is 4.28. The summed E-state index contributed by atoms with van der Waals surface area (Å²) in [5.74, 6) is 0.111. The van der Waals surface area contributed by atoms with Gasteiger partial charge in [0.15, 0.2) is 5.13 Å². The molecule has 1 aromatic heterocycles. The zero-order valence-corrected chi connectivity index (χ0v) is 14.9. The molecule has 0 saturated carbocycles. The van der Waals surface area contributed by atoms with E-state index in [1.165, 1.54) is 5.56 Å². The Hall–Kier alpha value is -1.63. The van der Waals surface area contributed by atoms with Gasteiger partial charge in [-0.25, -0.2) is 4.98 Å². The van der Waals surface area contributed by atoms with E-state index >= 15 is 0 Å². The van der Waals surface area contributed by atoms with E-state index in [1.54, 1.807) is 11.3 Å². The summed E-state index contributed by atoms with van der Waals surface area (Å²) >= 11 is 1.68. The maximum Gasteiger partial charge on any atom is 0.224 e. The van der Waals surface area contributed by atoms with Gasteiger partial charge in [-0.05, 0) is 30.5 Å². The Bertz CT molecular complexity index is 728. The molecule has 1 N–H and O–H groups in total. The molecule has 0 spiro atoms. The number of nitrogens with zero attached hydrogens (tertiary/aromatic N) is 2. The summed E-state index contributed by atoms with van der Waals surface area (Å²) in [4.78, 5) is 18.7. The number of amides is 1. The fourth-order valence-electron chi connectivity index (χ4n) is 3.03. The Morgan fingerprint density at radius 2 is 2.04 bits per heavy atom. The van der Waals surface area contributed by atoms with Gasteiger partial charge < -0.3 is 15.0 Å². The highest BCUT2D eigenvalue weighted by Crippen LogP contribution is 2.31. The highest BCUT2D eigenvalue weighted by Gasteiger charge is 2.17. The Morgan fingerprint density at radius 3 is 2.88 bits per heavy atom. The van der Waals surface area contributed by atoms with E-state index in [0.29, 0.717) is 6.42 Å². The number of carbonyl (C=O) groups excluding carboxylic acids is 1. The molecular formula is C17H20ClN3O2S. The van der Waals surface area contributed by atoms with Crippen molar-refractivity contribution in [2.45, 2.75) is 19.3 Å². The molecule has 0 bridgehead atoms.